The van der Waals surface area contributed by atoms with Crippen molar-refractivity contribution < 1.29 is 19.1 Å². The topological polar surface area (TPSA) is 52.6 Å². The van der Waals surface area contributed by atoms with Crippen molar-refractivity contribution in [2.24, 2.45) is 5.41 Å². The molecule has 1 heterocycles. The lowest BCUT2D eigenvalue weighted by molar-refractivity contribution is -0.150. The van der Waals surface area contributed by atoms with E-state index in [0.717, 1.165) is 0 Å². The number of carbonyl (C=O) groups is 2. The number of ketones is 1. The first-order valence-electron chi connectivity index (χ1n) is 4.44. The summed E-state index contributed by atoms with van der Waals surface area (Å²) in [7, 11) is 0. The first kappa shape index (κ1) is 10.8. The summed E-state index contributed by atoms with van der Waals surface area (Å²) in [5, 5.41) is 0. The standard InChI is InChI=1S/C10H14O4/c1-6-8(11)7(5-13-6)14-9(12)10(2,3)4/h5-6H,1-4H3. The monoisotopic (exact) mass is 198 g/mol. The molecule has 0 bridgehead atoms. The van der Waals surface area contributed by atoms with Crippen LogP contribution in [0.4, 0.5) is 0 Å². The van der Waals surface area contributed by atoms with Gasteiger partial charge in [-0.3, -0.25) is 9.59 Å². The maximum Gasteiger partial charge on any atom is 0.316 e. The molecule has 0 radical (unpaired) electrons. The summed E-state index contributed by atoms with van der Waals surface area (Å²) < 4.78 is 9.81. The Kier molecular flexibility index (Phi) is 2.64. The van der Waals surface area contributed by atoms with Gasteiger partial charge in [-0.2, -0.15) is 0 Å². The predicted octanol–water partition coefficient (Wildman–Crippen LogP) is 1.40. The van der Waals surface area contributed by atoms with Crippen LogP contribution in [0.2, 0.25) is 0 Å². The van der Waals surface area contributed by atoms with Crippen molar-refractivity contribution in [2.45, 2.75) is 33.8 Å². The molecule has 0 spiro atoms. The zero-order valence-corrected chi connectivity index (χ0v) is 8.79. The van der Waals surface area contributed by atoms with Crippen molar-refractivity contribution in [1.29, 1.82) is 0 Å². The lowest BCUT2D eigenvalue weighted by Crippen LogP contribution is -2.25. The number of rotatable bonds is 1. The third kappa shape index (κ3) is 2.13. The molecule has 4 heteroatoms. The van der Waals surface area contributed by atoms with Crippen molar-refractivity contribution in [3.63, 3.8) is 0 Å². The van der Waals surface area contributed by atoms with E-state index in [1.807, 2.05) is 0 Å². The van der Waals surface area contributed by atoms with Crippen LogP contribution in [0.5, 0.6) is 0 Å². The molecule has 1 rings (SSSR count). The minimum Gasteiger partial charge on any atom is -0.486 e. The van der Waals surface area contributed by atoms with Crippen LogP contribution in [0.3, 0.4) is 0 Å². The van der Waals surface area contributed by atoms with E-state index in [1.165, 1.54) is 6.26 Å². The summed E-state index contributed by atoms with van der Waals surface area (Å²) in [4.78, 5) is 22.7. The maximum atomic E-state index is 11.4. The van der Waals surface area contributed by atoms with Gasteiger partial charge in [-0.1, -0.05) is 0 Å². The summed E-state index contributed by atoms with van der Waals surface area (Å²) in [6, 6.07) is 0. The molecule has 0 fully saturated rings. The number of esters is 1. The molecule has 14 heavy (non-hydrogen) atoms. The van der Waals surface area contributed by atoms with Gasteiger partial charge in [0.15, 0.2) is 6.10 Å². The molecule has 0 saturated heterocycles. The van der Waals surface area contributed by atoms with Crippen molar-refractivity contribution in [2.75, 3.05) is 0 Å². The lowest BCUT2D eigenvalue weighted by atomic mass is 9.97. The molecule has 1 aliphatic rings. The highest BCUT2D eigenvalue weighted by molar-refractivity contribution is 6.00. The van der Waals surface area contributed by atoms with Crippen molar-refractivity contribution in [3.8, 4) is 0 Å². The Hall–Kier alpha value is -1.32. The normalized spacial score (nSPS) is 21.6. The molecular formula is C10H14O4. The molecule has 0 aromatic heterocycles. The zero-order chi connectivity index (χ0) is 10.9. The SMILES string of the molecule is CC1OC=C(OC(=O)C(C)(C)C)C1=O. The summed E-state index contributed by atoms with van der Waals surface area (Å²) in [6.07, 6.45) is 0.647. The second kappa shape index (κ2) is 3.44. The van der Waals surface area contributed by atoms with Crippen LogP contribution in [0, 0.1) is 5.41 Å². The largest absolute Gasteiger partial charge is 0.486 e. The third-order valence-corrected chi connectivity index (χ3v) is 1.81. The first-order valence-corrected chi connectivity index (χ1v) is 4.44. The van der Waals surface area contributed by atoms with Gasteiger partial charge in [0.25, 0.3) is 0 Å². The Morgan fingerprint density at radius 1 is 1.50 bits per heavy atom. The fourth-order valence-corrected chi connectivity index (χ4v) is 0.811. The Balaban J connectivity index is 2.64. The van der Waals surface area contributed by atoms with E-state index < -0.39 is 17.5 Å². The summed E-state index contributed by atoms with van der Waals surface area (Å²) in [5.41, 5.74) is -0.618. The van der Waals surface area contributed by atoms with Crippen LogP contribution in [0.15, 0.2) is 12.0 Å². The average molecular weight is 198 g/mol. The summed E-state index contributed by atoms with van der Waals surface area (Å²) in [5.74, 6) is -0.727. The number of hydrogen-bond acceptors (Lipinski definition) is 4. The first-order chi connectivity index (χ1) is 6.32. The average Bonchev–Trinajstić information content (AvgIpc) is 2.34. The number of hydrogen-bond donors (Lipinski definition) is 0. The second-order valence-electron chi connectivity index (χ2n) is 4.26. The van der Waals surface area contributed by atoms with Gasteiger partial charge >= 0.3 is 5.97 Å². The molecule has 0 amide bonds. The van der Waals surface area contributed by atoms with Crippen LogP contribution in [0.1, 0.15) is 27.7 Å². The Morgan fingerprint density at radius 3 is 2.43 bits per heavy atom. The van der Waals surface area contributed by atoms with Gasteiger partial charge in [0.05, 0.1) is 5.41 Å². The molecule has 1 atom stereocenters. The predicted molar refractivity (Wildman–Crippen MR) is 49.2 cm³/mol. The molecule has 1 aliphatic heterocycles. The van der Waals surface area contributed by atoms with E-state index in [2.05, 4.69) is 0 Å². The van der Waals surface area contributed by atoms with Gasteiger partial charge in [0.2, 0.25) is 11.5 Å². The third-order valence-electron chi connectivity index (χ3n) is 1.81. The van der Waals surface area contributed by atoms with Gasteiger partial charge in [0, 0.05) is 0 Å². The molecule has 1 unspecified atom stereocenters. The lowest BCUT2D eigenvalue weighted by Gasteiger charge is -2.15. The summed E-state index contributed by atoms with van der Waals surface area (Å²) >= 11 is 0. The molecule has 0 aromatic carbocycles. The van der Waals surface area contributed by atoms with Gasteiger partial charge in [-0.25, -0.2) is 0 Å². The molecule has 78 valence electrons. The van der Waals surface area contributed by atoms with Gasteiger partial charge in [-0.15, -0.1) is 0 Å². The fraction of sp³-hybridized carbons (Fsp3) is 0.600. The maximum absolute atomic E-state index is 11.4. The molecule has 0 saturated carbocycles. The van der Waals surface area contributed by atoms with Crippen LogP contribution in [-0.2, 0) is 19.1 Å². The number of Topliss-reactive ketones (excluding diaryl/α,β-unsaturated/α-hetero) is 1. The molecular weight excluding hydrogens is 184 g/mol. The van der Waals surface area contributed by atoms with Crippen molar-refractivity contribution in [1.82, 2.24) is 0 Å². The quantitative estimate of drug-likeness (QED) is 0.598. The van der Waals surface area contributed by atoms with E-state index in [0.29, 0.717) is 0 Å². The fourth-order valence-electron chi connectivity index (χ4n) is 0.811. The number of ether oxygens (including phenoxy) is 2. The van der Waals surface area contributed by atoms with Gasteiger partial charge < -0.3 is 9.47 Å². The zero-order valence-electron chi connectivity index (χ0n) is 8.79. The molecule has 0 N–H and O–H groups in total. The minimum atomic E-state index is -0.618. The van der Waals surface area contributed by atoms with Crippen LogP contribution in [0.25, 0.3) is 0 Å². The smallest absolute Gasteiger partial charge is 0.316 e. The van der Waals surface area contributed by atoms with Gasteiger partial charge in [-0.05, 0) is 27.7 Å². The van der Waals surface area contributed by atoms with Crippen LogP contribution in [-0.4, -0.2) is 17.9 Å². The van der Waals surface area contributed by atoms with E-state index >= 15 is 0 Å². The van der Waals surface area contributed by atoms with E-state index in [4.69, 9.17) is 9.47 Å². The van der Waals surface area contributed by atoms with E-state index in [1.54, 1.807) is 27.7 Å². The highest BCUT2D eigenvalue weighted by Gasteiger charge is 2.32. The molecule has 0 aromatic rings. The highest BCUT2D eigenvalue weighted by Crippen LogP contribution is 2.21. The Labute approximate surface area is 82.9 Å². The van der Waals surface area contributed by atoms with E-state index in [9.17, 15) is 9.59 Å². The van der Waals surface area contributed by atoms with Crippen LogP contribution >= 0.6 is 0 Å². The van der Waals surface area contributed by atoms with Crippen LogP contribution < -0.4 is 0 Å². The number of carbonyl (C=O) groups excluding carboxylic acids is 2. The van der Waals surface area contributed by atoms with Crippen molar-refractivity contribution >= 4 is 11.8 Å². The highest BCUT2D eigenvalue weighted by atomic mass is 16.6. The second-order valence-corrected chi connectivity index (χ2v) is 4.26. The minimum absolute atomic E-state index is 0.00238. The Bertz CT molecular complexity index is 296. The van der Waals surface area contributed by atoms with Crippen molar-refractivity contribution in [3.05, 3.63) is 12.0 Å². The van der Waals surface area contributed by atoms with E-state index in [-0.39, 0.29) is 11.5 Å². The van der Waals surface area contributed by atoms with Gasteiger partial charge in [0.1, 0.15) is 6.26 Å². The molecule has 4 nitrogen and oxygen atoms in total. The summed E-state index contributed by atoms with van der Waals surface area (Å²) in [6.45, 7) is 6.77. The Morgan fingerprint density at radius 2 is 2.07 bits per heavy atom. The molecule has 0 aliphatic carbocycles.